The number of phenols is 1. The molecule has 0 atom stereocenters. The van der Waals surface area contributed by atoms with Gasteiger partial charge in [0.15, 0.2) is 0 Å². The second-order valence-corrected chi connectivity index (χ2v) is 6.26. The van der Waals surface area contributed by atoms with Crippen LogP contribution in [0.15, 0.2) is 18.2 Å². The van der Waals surface area contributed by atoms with Gasteiger partial charge in [0, 0.05) is 0 Å². The second-order valence-electron chi connectivity index (χ2n) is 4.01. The number of hydrogen-bond donors (Lipinski definition) is 2. The Morgan fingerprint density at radius 2 is 2.11 bits per heavy atom. The van der Waals surface area contributed by atoms with Crippen molar-refractivity contribution in [3.63, 3.8) is 0 Å². The average Bonchev–Trinajstić information content (AvgIpc) is 2.22. The van der Waals surface area contributed by atoms with Gasteiger partial charge in [-0.15, -0.1) is 0 Å². The van der Waals surface area contributed by atoms with Gasteiger partial charge >= 0.3 is 0 Å². The molecule has 0 unspecified atom stereocenters. The number of halogens is 1. The van der Waals surface area contributed by atoms with Crippen LogP contribution in [0.4, 0.5) is 5.69 Å². The van der Waals surface area contributed by atoms with Crippen molar-refractivity contribution < 1.29 is 18.3 Å². The van der Waals surface area contributed by atoms with E-state index in [9.17, 15) is 13.5 Å². The molecule has 0 fully saturated rings. The molecule has 0 aliphatic heterocycles. The molecule has 1 aromatic rings. The first-order chi connectivity index (χ1) is 8.30. The van der Waals surface area contributed by atoms with E-state index in [1.807, 2.05) is 13.8 Å². The predicted octanol–water partition coefficient (Wildman–Crippen LogP) is 2.21. The summed E-state index contributed by atoms with van der Waals surface area (Å²) < 4.78 is 30.9. The zero-order valence-electron chi connectivity index (χ0n) is 10.2. The molecule has 0 aliphatic rings. The van der Waals surface area contributed by atoms with Crippen molar-refractivity contribution in [3.05, 3.63) is 23.2 Å². The van der Waals surface area contributed by atoms with Crippen molar-refractivity contribution in [3.8, 4) is 5.75 Å². The highest BCUT2D eigenvalue weighted by Crippen LogP contribution is 2.26. The number of hydrogen-bond acceptors (Lipinski definition) is 4. The van der Waals surface area contributed by atoms with Gasteiger partial charge in [-0.25, -0.2) is 8.42 Å². The molecule has 1 aromatic carbocycles. The summed E-state index contributed by atoms with van der Waals surface area (Å²) >= 11 is 5.68. The molecule has 0 spiro atoms. The summed E-state index contributed by atoms with van der Waals surface area (Å²) in [5.74, 6) is -0.230. The van der Waals surface area contributed by atoms with Crippen LogP contribution < -0.4 is 4.72 Å². The van der Waals surface area contributed by atoms with Crippen LogP contribution in [0.5, 0.6) is 5.75 Å². The van der Waals surface area contributed by atoms with Crippen molar-refractivity contribution in [1.29, 1.82) is 0 Å². The van der Waals surface area contributed by atoms with Crippen LogP contribution in [-0.4, -0.2) is 32.0 Å². The maximum Gasteiger partial charge on any atom is 0.235 e. The van der Waals surface area contributed by atoms with E-state index >= 15 is 0 Å². The summed E-state index contributed by atoms with van der Waals surface area (Å²) in [6.45, 7) is 3.79. The number of nitrogens with one attached hydrogen (secondary N) is 1. The third kappa shape index (κ3) is 5.12. The topological polar surface area (TPSA) is 75.6 Å². The maximum atomic E-state index is 11.7. The SMILES string of the molecule is CC(C)OCCS(=O)(=O)Nc1ccc(O)c(Cl)c1. The van der Waals surface area contributed by atoms with Gasteiger partial charge in [0.25, 0.3) is 0 Å². The molecule has 0 radical (unpaired) electrons. The summed E-state index contributed by atoms with van der Waals surface area (Å²) in [7, 11) is -3.48. The van der Waals surface area contributed by atoms with Gasteiger partial charge in [0.05, 0.1) is 29.2 Å². The Labute approximate surface area is 112 Å². The van der Waals surface area contributed by atoms with Gasteiger partial charge in [-0.2, -0.15) is 0 Å². The Balaban J connectivity index is 2.62. The van der Waals surface area contributed by atoms with E-state index in [0.29, 0.717) is 5.69 Å². The molecule has 102 valence electrons. The van der Waals surface area contributed by atoms with Gasteiger partial charge in [-0.3, -0.25) is 4.72 Å². The zero-order valence-corrected chi connectivity index (χ0v) is 11.8. The number of ether oxygens (including phenoxy) is 1. The zero-order chi connectivity index (χ0) is 13.8. The van der Waals surface area contributed by atoms with Crippen LogP contribution in [0, 0.1) is 0 Å². The fraction of sp³-hybridized carbons (Fsp3) is 0.455. The maximum absolute atomic E-state index is 11.7. The third-order valence-corrected chi connectivity index (χ3v) is 3.58. The molecule has 1 rings (SSSR count). The fourth-order valence-electron chi connectivity index (χ4n) is 1.19. The lowest BCUT2D eigenvalue weighted by Crippen LogP contribution is -2.21. The lowest BCUT2D eigenvalue weighted by Gasteiger charge is -2.10. The number of phenolic OH excluding ortho intramolecular Hbond substituents is 1. The van der Waals surface area contributed by atoms with Crippen molar-refractivity contribution in [2.24, 2.45) is 0 Å². The summed E-state index contributed by atoms with van der Waals surface area (Å²) in [5, 5.41) is 9.31. The molecule has 2 N–H and O–H groups in total. The lowest BCUT2D eigenvalue weighted by molar-refractivity contribution is 0.0913. The predicted molar refractivity (Wildman–Crippen MR) is 71.6 cm³/mol. The van der Waals surface area contributed by atoms with E-state index in [0.717, 1.165) is 0 Å². The van der Waals surface area contributed by atoms with Crippen LogP contribution in [0.1, 0.15) is 13.8 Å². The molecule has 0 aromatic heterocycles. The number of aromatic hydroxyl groups is 1. The highest BCUT2D eigenvalue weighted by Gasteiger charge is 2.11. The normalized spacial score (nSPS) is 11.8. The fourth-order valence-corrected chi connectivity index (χ4v) is 2.28. The van der Waals surface area contributed by atoms with E-state index in [-0.39, 0.29) is 29.2 Å². The summed E-state index contributed by atoms with van der Waals surface area (Å²) in [6.07, 6.45) is -0.0108. The highest BCUT2D eigenvalue weighted by molar-refractivity contribution is 7.92. The molecular weight excluding hydrogens is 278 g/mol. The molecule has 0 amide bonds. The van der Waals surface area contributed by atoms with E-state index < -0.39 is 10.0 Å². The van der Waals surface area contributed by atoms with Crippen LogP contribution in [0.3, 0.4) is 0 Å². The Morgan fingerprint density at radius 1 is 1.44 bits per heavy atom. The lowest BCUT2D eigenvalue weighted by atomic mass is 10.3. The van der Waals surface area contributed by atoms with E-state index in [2.05, 4.69) is 4.72 Å². The van der Waals surface area contributed by atoms with E-state index in [1.54, 1.807) is 0 Å². The smallest absolute Gasteiger partial charge is 0.235 e. The monoisotopic (exact) mass is 293 g/mol. The Morgan fingerprint density at radius 3 is 2.67 bits per heavy atom. The molecule has 18 heavy (non-hydrogen) atoms. The average molecular weight is 294 g/mol. The molecule has 0 heterocycles. The Kier molecular flexibility index (Phi) is 5.25. The number of anilines is 1. The van der Waals surface area contributed by atoms with Gasteiger partial charge in [0.2, 0.25) is 10.0 Å². The van der Waals surface area contributed by atoms with E-state index in [1.165, 1.54) is 18.2 Å². The van der Waals surface area contributed by atoms with Gasteiger partial charge < -0.3 is 9.84 Å². The van der Waals surface area contributed by atoms with Crippen molar-refractivity contribution in [1.82, 2.24) is 0 Å². The minimum Gasteiger partial charge on any atom is -0.506 e. The number of sulfonamides is 1. The number of rotatable bonds is 6. The first kappa shape index (κ1) is 15.1. The van der Waals surface area contributed by atoms with Crippen LogP contribution in [0.2, 0.25) is 5.02 Å². The minimum absolute atomic E-state index is 0.0108. The quantitative estimate of drug-likeness (QED) is 0.789. The van der Waals surface area contributed by atoms with Crippen LogP contribution in [0.25, 0.3) is 0 Å². The molecule has 0 bridgehead atoms. The van der Waals surface area contributed by atoms with Crippen LogP contribution in [-0.2, 0) is 14.8 Å². The Bertz CT molecular complexity index is 502. The highest BCUT2D eigenvalue weighted by atomic mass is 35.5. The standard InChI is InChI=1S/C11H16ClNO4S/c1-8(2)17-5-6-18(15,16)13-9-3-4-11(14)10(12)7-9/h3-4,7-8,13-14H,5-6H2,1-2H3. The summed E-state index contributed by atoms with van der Waals surface area (Å²) in [5.41, 5.74) is 0.308. The molecule has 0 saturated carbocycles. The molecule has 0 aliphatic carbocycles. The van der Waals surface area contributed by atoms with Crippen molar-refractivity contribution in [2.45, 2.75) is 20.0 Å². The van der Waals surface area contributed by atoms with E-state index in [4.69, 9.17) is 16.3 Å². The van der Waals surface area contributed by atoms with Gasteiger partial charge in [-0.05, 0) is 32.0 Å². The first-order valence-corrected chi connectivity index (χ1v) is 7.44. The van der Waals surface area contributed by atoms with Gasteiger partial charge in [-0.1, -0.05) is 11.6 Å². The first-order valence-electron chi connectivity index (χ1n) is 5.41. The minimum atomic E-state index is -3.48. The molecule has 0 saturated heterocycles. The third-order valence-electron chi connectivity index (χ3n) is 2.02. The van der Waals surface area contributed by atoms with Crippen molar-refractivity contribution in [2.75, 3.05) is 17.1 Å². The second kappa shape index (κ2) is 6.26. The molecule has 5 nitrogen and oxygen atoms in total. The molecular formula is C11H16ClNO4S. The largest absolute Gasteiger partial charge is 0.506 e. The summed E-state index contributed by atoms with van der Waals surface area (Å²) in [4.78, 5) is 0. The van der Waals surface area contributed by atoms with Gasteiger partial charge in [0.1, 0.15) is 5.75 Å². The number of benzene rings is 1. The van der Waals surface area contributed by atoms with Crippen LogP contribution >= 0.6 is 11.6 Å². The molecule has 7 heteroatoms. The summed E-state index contributed by atoms with van der Waals surface area (Å²) in [6, 6.07) is 4.10. The Hall–Kier alpha value is -0.980. The van der Waals surface area contributed by atoms with Crippen molar-refractivity contribution >= 4 is 27.3 Å².